The van der Waals surface area contributed by atoms with Crippen molar-refractivity contribution in [3.05, 3.63) is 28.8 Å². The second kappa shape index (κ2) is 5.63. The number of benzene rings is 1. The summed E-state index contributed by atoms with van der Waals surface area (Å²) in [4.78, 5) is 31.9. The van der Waals surface area contributed by atoms with E-state index in [0.717, 1.165) is 5.56 Å². The molecule has 3 aliphatic rings. The smallest absolute Gasteiger partial charge is 0.318 e. The summed E-state index contributed by atoms with van der Waals surface area (Å²) in [6, 6.07) is 5.19. The number of anilines is 1. The van der Waals surface area contributed by atoms with Crippen LogP contribution in [-0.4, -0.2) is 47.1 Å². The number of hydrogen-bond acceptors (Lipinski definition) is 3. The maximum atomic E-state index is 12.3. The average molecular weight is 350 g/mol. The van der Waals surface area contributed by atoms with Crippen LogP contribution in [0.2, 0.25) is 5.02 Å². The van der Waals surface area contributed by atoms with Crippen molar-refractivity contribution >= 4 is 29.2 Å². The van der Waals surface area contributed by atoms with Crippen molar-refractivity contribution < 1.29 is 14.4 Å². The lowest BCUT2D eigenvalue weighted by Gasteiger charge is -2.45. The topological polar surface area (TPSA) is 61.9 Å². The van der Waals surface area contributed by atoms with Gasteiger partial charge in [-0.25, -0.2) is 9.86 Å². The van der Waals surface area contributed by atoms with Crippen LogP contribution in [0.4, 0.5) is 10.5 Å². The molecule has 1 aliphatic carbocycles. The SMILES string of the molecule is Cc1cc(NC(=O)N2CC3(CC(=O)N(CC4CC4)O3)C2)ccc1Cl. The molecule has 1 aromatic rings. The summed E-state index contributed by atoms with van der Waals surface area (Å²) in [5.41, 5.74) is 1.11. The number of nitrogens with one attached hydrogen (secondary N) is 1. The normalized spacial score (nSPS) is 22.0. The number of hydrogen-bond donors (Lipinski definition) is 1. The third-order valence-electron chi connectivity index (χ3n) is 4.83. The zero-order chi connectivity index (χ0) is 16.9. The first-order chi connectivity index (χ1) is 11.4. The lowest BCUT2D eigenvalue weighted by atomic mass is 9.91. The Morgan fingerprint density at radius 3 is 2.83 bits per heavy atom. The van der Waals surface area contributed by atoms with Crippen LogP contribution in [0.3, 0.4) is 0 Å². The van der Waals surface area contributed by atoms with Crippen LogP contribution in [0, 0.1) is 12.8 Å². The number of carbonyl (C=O) groups excluding carboxylic acids is 2. The predicted octanol–water partition coefficient (Wildman–Crippen LogP) is 2.81. The van der Waals surface area contributed by atoms with Gasteiger partial charge in [-0.2, -0.15) is 0 Å². The summed E-state index contributed by atoms with van der Waals surface area (Å²) in [6.07, 6.45) is 2.72. The minimum absolute atomic E-state index is 0.0373. The summed E-state index contributed by atoms with van der Waals surface area (Å²) in [6.45, 7) is 3.47. The summed E-state index contributed by atoms with van der Waals surface area (Å²) in [5, 5.41) is 5.04. The Hall–Kier alpha value is -1.79. The molecule has 1 N–H and O–H groups in total. The van der Waals surface area contributed by atoms with Crippen LogP contribution in [0.5, 0.6) is 0 Å². The number of nitrogens with zero attached hydrogens (tertiary/aromatic N) is 2. The van der Waals surface area contributed by atoms with Gasteiger partial charge in [0.1, 0.15) is 5.60 Å². The molecule has 0 bridgehead atoms. The van der Waals surface area contributed by atoms with Gasteiger partial charge in [-0.3, -0.25) is 9.63 Å². The first-order valence-corrected chi connectivity index (χ1v) is 8.63. The molecule has 2 heterocycles. The molecule has 128 valence electrons. The Morgan fingerprint density at radius 2 is 2.17 bits per heavy atom. The zero-order valence-electron chi connectivity index (χ0n) is 13.5. The van der Waals surface area contributed by atoms with Gasteiger partial charge in [0.2, 0.25) is 5.91 Å². The monoisotopic (exact) mass is 349 g/mol. The van der Waals surface area contributed by atoms with Crippen LogP contribution >= 0.6 is 11.6 Å². The number of amides is 3. The molecule has 1 aromatic carbocycles. The van der Waals surface area contributed by atoms with E-state index in [-0.39, 0.29) is 11.9 Å². The van der Waals surface area contributed by atoms with Crippen LogP contribution in [0.15, 0.2) is 18.2 Å². The average Bonchev–Trinajstić information content (AvgIpc) is 3.24. The van der Waals surface area contributed by atoms with Gasteiger partial charge in [0.25, 0.3) is 0 Å². The second-order valence-electron chi connectivity index (χ2n) is 7.10. The molecule has 0 radical (unpaired) electrons. The zero-order valence-corrected chi connectivity index (χ0v) is 14.3. The fourth-order valence-corrected chi connectivity index (χ4v) is 3.36. The van der Waals surface area contributed by atoms with Gasteiger partial charge < -0.3 is 10.2 Å². The standard InChI is InChI=1S/C17H20ClN3O3/c1-11-6-13(4-5-14(11)18)19-16(23)20-9-17(10-20)7-15(22)21(24-17)8-12-2-3-12/h4-6,12H,2-3,7-10H2,1H3,(H,19,23). The summed E-state index contributed by atoms with van der Waals surface area (Å²) in [7, 11) is 0. The predicted molar refractivity (Wildman–Crippen MR) is 89.7 cm³/mol. The number of carbonyl (C=O) groups is 2. The highest BCUT2D eigenvalue weighted by Crippen LogP contribution is 2.39. The van der Waals surface area contributed by atoms with E-state index in [0.29, 0.717) is 42.7 Å². The van der Waals surface area contributed by atoms with E-state index in [1.165, 1.54) is 17.9 Å². The number of halogens is 1. The van der Waals surface area contributed by atoms with E-state index in [4.69, 9.17) is 16.4 Å². The minimum Gasteiger partial charge on any atom is -0.318 e. The highest BCUT2D eigenvalue weighted by Gasteiger charge is 2.55. The summed E-state index contributed by atoms with van der Waals surface area (Å²) in [5.74, 6) is 0.631. The van der Waals surface area contributed by atoms with E-state index in [1.807, 2.05) is 13.0 Å². The molecular formula is C17H20ClN3O3. The molecule has 0 unspecified atom stereocenters. The number of urea groups is 1. The van der Waals surface area contributed by atoms with Gasteiger partial charge >= 0.3 is 6.03 Å². The van der Waals surface area contributed by atoms with E-state index in [2.05, 4.69) is 5.32 Å². The summed E-state index contributed by atoms with van der Waals surface area (Å²) >= 11 is 5.99. The molecule has 6 nitrogen and oxygen atoms in total. The van der Waals surface area contributed by atoms with E-state index < -0.39 is 5.60 Å². The lowest BCUT2D eigenvalue weighted by Crippen LogP contribution is -2.64. The highest BCUT2D eigenvalue weighted by atomic mass is 35.5. The number of likely N-dealkylation sites (tertiary alicyclic amines) is 1. The van der Waals surface area contributed by atoms with Crippen LogP contribution < -0.4 is 5.32 Å². The maximum absolute atomic E-state index is 12.3. The molecule has 2 saturated heterocycles. The van der Waals surface area contributed by atoms with Gasteiger partial charge in [0.05, 0.1) is 26.1 Å². The molecule has 0 aromatic heterocycles. The maximum Gasteiger partial charge on any atom is 0.322 e. The number of aryl methyl sites for hydroxylation is 1. The van der Waals surface area contributed by atoms with Crippen molar-refractivity contribution in [2.75, 3.05) is 25.0 Å². The third kappa shape index (κ3) is 2.96. The van der Waals surface area contributed by atoms with Crippen LogP contribution in [0.1, 0.15) is 24.8 Å². The highest BCUT2D eigenvalue weighted by molar-refractivity contribution is 6.31. The Kier molecular flexibility index (Phi) is 3.69. The molecule has 1 spiro atoms. The van der Waals surface area contributed by atoms with E-state index in [1.54, 1.807) is 17.0 Å². The largest absolute Gasteiger partial charge is 0.322 e. The van der Waals surface area contributed by atoms with Crippen molar-refractivity contribution in [2.45, 2.75) is 31.8 Å². The first kappa shape index (κ1) is 15.7. The molecular weight excluding hydrogens is 330 g/mol. The molecule has 3 fully saturated rings. The number of hydroxylamine groups is 2. The summed E-state index contributed by atoms with van der Waals surface area (Å²) < 4.78 is 0. The fraction of sp³-hybridized carbons (Fsp3) is 0.529. The Balaban J connectivity index is 1.32. The molecule has 0 atom stereocenters. The van der Waals surface area contributed by atoms with E-state index in [9.17, 15) is 9.59 Å². The Labute approximate surface area is 145 Å². The Bertz CT molecular complexity index is 698. The first-order valence-electron chi connectivity index (χ1n) is 8.26. The van der Waals surface area contributed by atoms with Gasteiger partial charge in [0.15, 0.2) is 0 Å². The molecule has 7 heteroatoms. The molecule has 2 aliphatic heterocycles. The minimum atomic E-state index is -0.515. The van der Waals surface area contributed by atoms with Gasteiger partial charge in [-0.15, -0.1) is 0 Å². The molecule has 3 amide bonds. The van der Waals surface area contributed by atoms with Crippen molar-refractivity contribution in [1.82, 2.24) is 9.96 Å². The van der Waals surface area contributed by atoms with Gasteiger partial charge in [-0.1, -0.05) is 11.6 Å². The van der Waals surface area contributed by atoms with Crippen molar-refractivity contribution in [2.24, 2.45) is 5.92 Å². The Morgan fingerprint density at radius 1 is 1.42 bits per heavy atom. The molecule has 4 rings (SSSR count). The molecule has 24 heavy (non-hydrogen) atoms. The number of rotatable bonds is 3. The van der Waals surface area contributed by atoms with Crippen molar-refractivity contribution in [3.63, 3.8) is 0 Å². The fourth-order valence-electron chi connectivity index (χ4n) is 3.24. The van der Waals surface area contributed by atoms with Crippen molar-refractivity contribution in [3.8, 4) is 0 Å². The quantitative estimate of drug-likeness (QED) is 0.912. The van der Waals surface area contributed by atoms with Crippen LogP contribution in [0.25, 0.3) is 0 Å². The van der Waals surface area contributed by atoms with Crippen molar-refractivity contribution in [1.29, 1.82) is 0 Å². The van der Waals surface area contributed by atoms with Gasteiger partial charge in [-0.05, 0) is 49.4 Å². The van der Waals surface area contributed by atoms with Gasteiger partial charge in [0, 0.05) is 10.7 Å². The molecule has 1 saturated carbocycles. The van der Waals surface area contributed by atoms with E-state index >= 15 is 0 Å². The second-order valence-corrected chi connectivity index (χ2v) is 7.51. The lowest BCUT2D eigenvalue weighted by molar-refractivity contribution is -0.229. The third-order valence-corrected chi connectivity index (χ3v) is 5.25. The van der Waals surface area contributed by atoms with Crippen LogP contribution in [-0.2, 0) is 9.63 Å².